The molecule has 0 unspecified atom stereocenters. The van der Waals surface area contributed by atoms with Crippen LogP contribution in [0.4, 0.5) is 31.8 Å². The summed E-state index contributed by atoms with van der Waals surface area (Å²) in [6.07, 6.45) is 1.34. The van der Waals surface area contributed by atoms with Crippen molar-refractivity contribution in [2.45, 2.75) is 97.5 Å². The third-order valence-corrected chi connectivity index (χ3v) is 14.8. The average molecular weight is 1750 g/mol. The van der Waals surface area contributed by atoms with Gasteiger partial charge in [-0.1, -0.05) is 48.0 Å². The molecule has 2 aromatic carbocycles. The molecule has 0 aliphatic carbocycles. The van der Waals surface area contributed by atoms with Crippen molar-refractivity contribution in [2.75, 3.05) is 55.4 Å². The molecular formula is C62H72N12O23S4Y3-6. The molecule has 0 spiro atoms. The van der Waals surface area contributed by atoms with Crippen LogP contribution in [0.25, 0.3) is 49.9 Å². The van der Waals surface area contributed by atoms with Crippen molar-refractivity contribution in [3.05, 3.63) is 155 Å². The zero-order chi connectivity index (χ0) is 76.7. The number of rotatable bonds is 15. The largest absolute Gasteiger partial charge is 0.632 e. The van der Waals surface area contributed by atoms with Gasteiger partial charge in [-0.3, -0.25) is 29.3 Å². The Hall–Kier alpha value is -7.75. The van der Waals surface area contributed by atoms with Crippen LogP contribution in [-0.2, 0) is 201 Å². The van der Waals surface area contributed by atoms with Gasteiger partial charge < -0.3 is 97.8 Å². The topological polar surface area (TPSA) is 492 Å². The first kappa shape index (κ1) is 96.3. The molecule has 3 radical (unpaired) electrons. The first-order valence-electron chi connectivity index (χ1n) is 28.7. The van der Waals surface area contributed by atoms with Gasteiger partial charge in [-0.2, -0.15) is 8.42 Å². The Balaban J connectivity index is 0.00000132. The van der Waals surface area contributed by atoms with Gasteiger partial charge >= 0.3 is 28.0 Å². The molecule has 0 aliphatic heterocycles. The molecule has 35 nitrogen and oxygen atoms in total. The summed E-state index contributed by atoms with van der Waals surface area (Å²) >= 11 is 0. The molecule has 0 aliphatic rings. The van der Waals surface area contributed by atoms with E-state index in [-0.39, 0.29) is 155 Å². The second kappa shape index (κ2) is 43.6. The number of ether oxygens (including phenoxy) is 7. The van der Waals surface area contributed by atoms with Gasteiger partial charge in [0, 0.05) is 166 Å². The van der Waals surface area contributed by atoms with E-state index in [1.165, 1.54) is 77.2 Å². The van der Waals surface area contributed by atoms with Gasteiger partial charge in [-0.25, -0.2) is 29.3 Å². The number of hydrogen-bond donors (Lipinski definition) is 1. The standard InChI is InChI=1S/C18H16N3O7S2.C18H16N3O5S.C11H10N3O5S.3C5H11NO2.3Y/c1-11-6-8-12(9-7-11)30(25,26)28-16-14-13(5-4-10-19-14)17(21(2)29(23)24)20-15(16)18(22)27-3;1-21(27(23)24)17-13-9-6-10-19-14(13)16(15(20-17)18(22)25-2)26-11-12-7-4-3-5-8-12;1-14(20(17)18)10-6-4-3-5-12-7(6)9(15)8(13-10)11(16)19-2;3*1-5(2,3)8-4(6)7;;;/h4-10H,1-3H3;3-10H,11H2,1-2H3;3-5,15H,1-2H3;3*1-3H3,(H2,6,7);;;/q3*-1;;;;;;/p-3. The first-order valence-corrected chi connectivity index (χ1v) is 33.2. The average Bonchev–Trinajstić information content (AvgIpc) is 0.781. The van der Waals surface area contributed by atoms with Crippen LogP contribution < -0.4 is 21.8 Å². The summed E-state index contributed by atoms with van der Waals surface area (Å²) in [4.78, 5) is 90.1. The van der Waals surface area contributed by atoms with Gasteiger partial charge in [0.25, 0.3) is 0 Å². The number of nitrogens with one attached hydrogen (secondary N) is 3. The molecule has 0 saturated carbocycles. The van der Waals surface area contributed by atoms with Crippen LogP contribution in [0.1, 0.15) is 105 Å². The molecule has 4 N–H and O–H groups in total. The molecule has 104 heavy (non-hydrogen) atoms. The number of nitrogens with zero attached hydrogens (tertiary/aromatic N) is 9. The van der Waals surface area contributed by atoms with Crippen LogP contribution in [-0.4, -0.2) is 139 Å². The molecule has 3 amide bonds. The van der Waals surface area contributed by atoms with Crippen LogP contribution in [0.2, 0.25) is 0 Å². The molecule has 6 heterocycles. The summed E-state index contributed by atoms with van der Waals surface area (Å²) in [6, 6.07) is 24.7. The maximum Gasteiger partial charge on any atom is 0.360 e. The van der Waals surface area contributed by atoms with Crippen LogP contribution in [0.5, 0.6) is 17.2 Å². The van der Waals surface area contributed by atoms with E-state index in [1.807, 2.05) is 30.3 Å². The maximum absolute atomic E-state index is 12.8. The molecule has 0 saturated heterocycles. The van der Waals surface area contributed by atoms with Crippen LogP contribution in [0.3, 0.4) is 0 Å². The number of methoxy groups -OCH3 is 3. The van der Waals surface area contributed by atoms with Gasteiger partial charge in [0.1, 0.15) is 62.3 Å². The second-order valence-electron chi connectivity index (χ2n) is 22.8. The smallest absolute Gasteiger partial charge is 0.360 e. The summed E-state index contributed by atoms with van der Waals surface area (Å²) < 4.78 is 134. The number of aromatic hydroxyl groups is 1. The SMILES string of the molecule is CC(C)(C)OC([NH-])=O.CC(C)(C)OC([NH-])=O.CC(C)(C)OC([NH-])=O.COC(=O)c1nc(N(C)[S-](=O)=O)c2cccnc2c1O.COC(=O)c1nc(N(C)[S-](=O)=O)c2cccnc2c1OCc1ccccc1.COC(=O)c1nc(N(C)[S-](=O)=O)c2cccnc2c1OS(=O)(=O)c1ccc(C)cc1.[Y].[Y].[Y]. The number of carbonyl (C=O) groups excluding carboxylic acids is 6. The Kier molecular flexibility index (Phi) is 40.4. The summed E-state index contributed by atoms with van der Waals surface area (Å²) in [7, 11) is -5.04. The van der Waals surface area contributed by atoms with E-state index in [0.29, 0.717) is 16.3 Å². The molecule has 0 fully saturated rings. The Morgan fingerprint density at radius 2 is 0.788 bits per heavy atom. The van der Waals surface area contributed by atoms with E-state index in [9.17, 15) is 67.5 Å². The molecule has 6 aromatic heterocycles. The third-order valence-electron chi connectivity index (χ3n) is 11.7. The Bertz CT molecular complexity index is 4570. The van der Waals surface area contributed by atoms with E-state index in [4.69, 9.17) is 30.9 Å². The number of aromatic nitrogens is 6. The normalized spacial score (nSPS) is 10.7. The Morgan fingerprint density at radius 3 is 1.12 bits per heavy atom. The summed E-state index contributed by atoms with van der Waals surface area (Å²) in [5, 5.41) is 10.9. The van der Waals surface area contributed by atoms with Crippen LogP contribution >= 0.6 is 0 Å². The number of fused-ring (bicyclic) bond motifs is 3. The monoisotopic (exact) mass is 1750 g/mol. The number of aryl methyl sites for hydroxylation is 1. The number of esters is 3. The van der Waals surface area contributed by atoms with Crippen molar-refractivity contribution in [2.24, 2.45) is 0 Å². The van der Waals surface area contributed by atoms with Crippen molar-refractivity contribution in [3.8, 4) is 17.2 Å². The number of pyridine rings is 6. The molecule has 42 heteroatoms. The minimum atomic E-state index is -4.36. The van der Waals surface area contributed by atoms with E-state index in [0.717, 1.165) is 38.3 Å². The number of anilines is 3. The fourth-order valence-electron chi connectivity index (χ4n) is 7.58. The van der Waals surface area contributed by atoms with Gasteiger partial charge in [-0.15, -0.1) is 0 Å². The van der Waals surface area contributed by atoms with Crippen LogP contribution in [0, 0.1) is 6.92 Å². The van der Waals surface area contributed by atoms with Crippen molar-refractivity contribution in [1.82, 2.24) is 29.9 Å². The number of benzene rings is 2. The predicted molar refractivity (Wildman–Crippen MR) is 367 cm³/mol. The van der Waals surface area contributed by atoms with Gasteiger partial charge in [0.15, 0.2) is 28.6 Å². The van der Waals surface area contributed by atoms with Gasteiger partial charge in [0.05, 0.1) is 21.3 Å². The zero-order valence-corrected chi connectivity index (χ0v) is 70.7. The maximum atomic E-state index is 12.8. The third kappa shape index (κ3) is 30.4. The molecular weight excluding hydrogens is 1680 g/mol. The van der Waals surface area contributed by atoms with E-state index in [1.54, 1.807) is 99.6 Å². The summed E-state index contributed by atoms with van der Waals surface area (Å²) in [5.74, 6) is -3.57. The minimum Gasteiger partial charge on any atom is -0.632 e. The molecule has 0 atom stereocenters. The van der Waals surface area contributed by atoms with Gasteiger partial charge in [-0.05, 0) is 144 Å². The fraction of sp³-hybridized carbons (Fsp3) is 0.323. The van der Waals surface area contributed by atoms with Crippen molar-refractivity contribution in [3.63, 3.8) is 0 Å². The quantitative estimate of drug-likeness (QED) is 0.0431. The molecule has 8 rings (SSSR count). The van der Waals surface area contributed by atoms with Gasteiger partial charge in [0.2, 0.25) is 24.0 Å². The van der Waals surface area contributed by atoms with E-state index in [2.05, 4.69) is 53.6 Å². The molecule has 8 aromatic rings. The van der Waals surface area contributed by atoms with Crippen LogP contribution in [0.15, 0.2) is 114 Å². The fourth-order valence-corrected chi connectivity index (χ4v) is 9.36. The molecule has 557 valence electrons. The van der Waals surface area contributed by atoms with E-state index >= 15 is 0 Å². The summed E-state index contributed by atoms with van der Waals surface area (Å²) in [6.45, 7) is 17.5. The van der Waals surface area contributed by atoms with E-state index < -0.39 is 119 Å². The zero-order valence-electron chi connectivity index (χ0n) is 58.9. The molecule has 0 bridgehead atoms. The number of hydrogen-bond acceptors (Lipinski definition) is 32. The van der Waals surface area contributed by atoms with Crippen molar-refractivity contribution >= 4 is 129 Å². The number of amides is 3. The first-order chi connectivity index (χ1) is 46.9. The van der Waals surface area contributed by atoms with Crippen molar-refractivity contribution < 1.29 is 203 Å². The van der Waals surface area contributed by atoms with Crippen molar-refractivity contribution in [1.29, 1.82) is 0 Å². The second-order valence-corrected chi connectivity index (χ2v) is 27.3. The predicted octanol–water partition coefficient (Wildman–Crippen LogP) is 11.5. The Morgan fingerprint density at radius 1 is 0.471 bits per heavy atom. The number of carbonyl (C=O) groups is 6. The Labute approximate surface area is 680 Å². The minimum absolute atomic E-state index is 0. The summed E-state index contributed by atoms with van der Waals surface area (Å²) in [5.41, 5.74) is 18.5.